The van der Waals surface area contributed by atoms with E-state index >= 15 is 0 Å². The van der Waals surface area contributed by atoms with Gasteiger partial charge in [-0.1, -0.05) is 58.8 Å². The summed E-state index contributed by atoms with van der Waals surface area (Å²) in [7, 11) is 1.41. The molecule has 2 heterocycles. The molecule has 0 N–H and O–H groups in total. The molecule has 1 aliphatic carbocycles. The number of hydrogen-bond acceptors (Lipinski definition) is 4. The fourth-order valence-electron chi connectivity index (χ4n) is 5.86. The maximum absolute atomic E-state index is 13.8. The van der Waals surface area contributed by atoms with Crippen LogP contribution in [-0.4, -0.2) is 30.6 Å². The Morgan fingerprint density at radius 1 is 1.16 bits per heavy atom. The second-order valence-electron chi connectivity index (χ2n) is 8.45. The number of ketones is 1. The van der Waals surface area contributed by atoms with Crippen LogP contribution in [0.3, 0.4) is 0 Å². The van der Waals surface area contributed by atoms with E-state index in [1.807, 2.05) is 0 Å². The number of carbonyl (C=O) groups is 2. The lowest BCUT2D eigenvalue weighted by atomic mass is 9.64. The van der Waals surface area contributed by atoms with Gasteiger partial charge in [-0.2, -0.15) is 0 Å². The zero-order valence-corrected chi connectivity index (χ0v) is 16.1. The molecule has 1 saturated carbocycles. The summed E-state index contributed by atoms with van der Waals surface area (Å²) in [6, 6.07) is 0. The number of rotatable bonds is 2. The Hall–Kier alpha value is -0.900. The summed E-state index contributed by atoms with van der Waals surface area (Å²) in [6.07, 6.45) is 10.7. The van der Waals surface area contributed by atoms with Crippen LogP contribution in [0.2, 0.25) is 0 Å². The molecule has 4 nitrogen and oxygen atoms in total. The molecular formula is C21H34O4. The molecule has 0 aromatic heterocycles. The van der Waals surface area contributed by atoms with Crippen molar-refractivity contribution in [3.63, 3.8) is 0 Å². The van der Waals surface area contributed by atoms with Gasteiger partial charge in [0.05, 0.1) is 18.8 Å². The molecule has 2 saturated heterocycles. The summed E-state index contributed by atoms with van der Waals surface area (Å²) in [6.45, 7) is 4.34. The van der Waals surface area contributed by atoms with Gasteiger partial charge in [0.25, 0.3) is 0 Å². The molecule has 0 spiro atoms. The van der Waals surface area contributed by atoms with Crippen LogP contribution in [-0.2, 0) is 19.1 Å². The molecule has 3 rings (SSSR count). The molecule has 25 heavy (non-hydrogen) atoms. The van der Waals surface area contributed by atoms with Crippen molar-refractivity contribution in [2.45, 2.75) is 96.2 Å². The highest BCUT2D eigenvalue weighted by Crippen LogP contribution is 2.58. The van der Waals surface area contributed by atoms with Crippen molar-refractivity contribution in [2.24, 2.45) is 17.3 Å². The number of fused-ring (bicyclic) bond motifs is 6. The predicted molar refractivity (Wildman–Crippen MR) is 96.2 cm³/mol. The van der Waals surface area contributed by atoms with Crippen molar-refractivity contribution in [1.82, 2.24) is 0 Å². The van der Waals surface area contributed by atoms with Crippen LogP contribution in [0.4, 0.5) is 0 Å². The zero-order valence-electron chi connectivity index (χ0n) is 16.1. The van der Waals surface area contributed by atoms with Crippen LogP contribution in [0.1, 0.15) is 84.5 Å². The lowest BCUT2D eigenvalue weighted by Crippen LogP contribution is -2.61. The Kier molecular flexibility index (Phi) is 5.57. The zero-order chi connectivity index (χ0) is 18.1. The molecule has 0 amide bonds. The van der Waals surface area contributed by atoms with Crippen molar-refractivity contribution in [1.29, 1.82) is 0 Å². The van der Waals surface area contributed by atoms with Crippen LogP contribution < -0.4 is 0 Å². The van der Waals surface area contributed by atoms with Gasteiger partial charge >= 0.3 is 5.97 Å². The maximum atomic E-state index is 13.8. The average Bonchev–Trinajstić information content (AvgIpc) is 2.92. The topological polar surface area (TPSA) is 52.6 Å². The van der Waals surface area contributed by atoms with Gasteiger partial charge in [0, 0.05) is 5.92 Å². The molecule has 3 fully saturated rings. The summed E-state index contributed by atoms with van der Waals surface area (Å²) in [5.41, 5.74) is -1.44. The lowest BCUT2D eigenvalue weighted by molar-refractivity contribution is -0.204. The van der Waals surface area contributed by atoms with Crippen molar-refractivity contribution in [2.75, 3.05) is 7.11 Å². The third-order valence-corrected chi connectivity index (χ3v) is 7.33. The van der Waals surface area contributed by atoms with E-state index in [0.717, 1.165) is 38.5 Å². The third-order valence-electron chi connectivity index (χ3n) is 7.33. The quantitative estimate of drug-likeness (QED) is 0.545. The molecular weight excluding hydrogens is 316 g/mol. The highest BCUT2D eigenvalue weighted by molar-refractivity contribution is 6.07. The van der Waals surface area contributed by atoms with E-state index in [0.29, 0.717) is 12.3 Å². The number of esters is 1. The Morgan fingerprint density at radius 3 is 2.44 bits per heavy atom. The van der Waals surface area contributed by atoms with Crippen LogP contribution in [0, 0.1) is 17.3 Å². The van der Waals surface area contributed by atoms with E-state index in [9.17, 15) is 9.59 Å². The summed E-state index contributed by atoms with van der Waals surface area (Å²) >= 11 is 0. The van der Waals surface area contributed by atoms with Crippen LogP contribution >= 0.6 is 0 Å². The van der Waals surface area contributed by atoms with E-state index in [2.05, 4.69) is 13.8 Å². The Bertz CT molecular complexity index is 516. The summed E-state index contributed by atoms with van der Waals surface area (Å²) in [5, 5.41) is 0. The standard InChI is InChI=1S/C21H34O4/c1-4-21-15(2)14-17(25-21)20(19(23)24-3)13-11-9-7-5-6-8-10-12-16(21)18(20)22/h15-17H,4-14H2,1-3H3/t15-,16-,17+,20-,21-/m1/s1. The van der Waals surface area contributed by atoms with Crippen molar-refractivity contribution < 1.29 is 19.1 Å². The van der Waals surface area contributed by atoms with Gasteiger partial charge in [-0.05, 0) is 31.6 Å². The van der Waals surface area contributed by atoms with Gasteiger partial charge in [0.15, 0.2) is 11.2 Å². The van der Waals surface area contributed by atoms with Gasteiger partial charge < -0.3 is 9.47 Å². The second kappa shape index (κ2) is 7.38. The largest absolute Gasteiger partial charge is 0.468 e. The predicted octanol–water partition coefficient (Wildman–Crippen LogP) is 4.44. The van der Waals surface area contributed by atoms with Crippen LogP contribution in [0.15, 0.2) is 0 Å². The molecule has 4 bridgehead atoms. The minimum absolute atomic E-state index is 0.127. The molecule has 2 aliphatic heterocycles. The van der Waals surface area contributed by atoms with Crippen LogP contribution in [0.25, 0.3) is 0 Å². The smallest absolute Gasteiger partial charge is 0.322 e. The number of ether oxygens (including phenoxy) is 2. The van der Waals surface area contributed by atoms with E-state index in [1.165, 1.54) is 32.8 Å². The number of Topliss-reactive ketones (excluding diaryl/α,β-unsaturated/α-hetero) is 1. The minimum atomic E-state index is -1.07. The highest BCUT2D eigenvalue weighted by atomic mass is 16.5. The van der Waals surface area contributed by atoms with Crippen molar-refractivity contribution in [3.8, 4) is 0 Å². The second-order valence-corrected chi connectivity index (χ2v) is 8.45. The van der Waals surface area contributed by atoms with Gasteiger partial charge in [0.2, 0.25) is 0 Å². The van der Waals surface area contributed by atoms with Gasteiger partial charge in [-0.25, -0.2) is 0 Å². The monoisotopic (exact) mass is 350 g/mol. The van der Waals surface area contributed by atoms with Crippen molar-refractivity contribution >= 4 is 11.8 Å². The Labute approximate surface area is 152 Å². The first kappa shape index (κ1) is 18.9. The first-order valence-corrected chi connectivity index (χ1v) is 10.3. The van der Waals surface area contributed by atoms with E-state index < -0.39 is 5.41 Å². The minimum Gasteiger partial charge on any atom is -0.468 e. The van der Waals surface area contributed by atoms with Gasteiger partial charge in [0.1, 0.15) is 0 Å². The molecule has 0 aromatic rings. The number of methoxy groups -OCH3 is 1. The van der Waals surface area contributed by atoms with Gasteiger partial charge in [-0.3, -0.25) is 9.59 Å². The van der Waals surface area contributed by atoms with E-state index in [4.69, 9.17) is 9.47 Å². The number of carbonyl (C=O) groups excluding carboxylic acids is 2. The molecule has 0 radical (unpaired) electrons. The number of hydrogen-bond donors (Lipinski definition) is 0. The molecule has 142 valence electrons. The first-order valence-electron chi connectivity index (χ1n) is 10.3. The van der Waals surface area contributed by atoms with Crippen LogP contribution in [0.5, 0.6) is 0 Å². The fraction of sp³-hybridized carbons (Fsp3) is 0.905. The third kappa shape index (κ3) is 2.85. The summed E-state index contributed by atoms with van der Waals surface area (Å²) in [4.78, 5) is 26.6. The SMILES string of the molecule is CC[C@@]12O[C@@H](C[C@H]1C)[C@]1(C(=O)OC)CCCCCCCCC[C@@H]2C1=O. The van der Waals surface area contributed by atoms with Crippen molar-refractivity contribution in [3.05, 3.63) is 0 Å². The Morgan fingerprint density at radius 2 is 1.80 bits per heavy atom. The fourth-order valence-corrected chi connectivity index (χ4v) is 5.86. The molecule has 5 atom stereocenters. The van der Waals surface area contributed by atoms with E-state index in [1.54, 1.807) is 0 Å². The normalized spacial score (nSPS) is 42.4. The summed E-state index contributed by atoms with van der Waals surface area (Å²) in [5.74, 6) is -0.0800. The van der Waals surface area contributed by atoms with E-state index in [-0.39, 0.29) is 29.4 Å². The molecule has 4 heteroatoms. The molecule has 0 aromatic carbocycles. The maximum Gasteiger partial charge on any atom is 0.322 e. The highest BCUT2D eigenvalue weighted by Gasteiger charge is 2.69. The molecule has 3 aliphatic rings. The van der Waals surface area contributed by atoms with Gasteiger partial charge in [-0.15, -0.1) is 0 Å². The lowest BCUT2D eigenvalue weighted by Gasteiger charge is -2.49. The summed E-state index contributed by atoms with van der Waals surface area (Å²) < 4.78 is 11.8. The average molecular weight is 350 g/mol. The Balaban J connectivity index is 2.03. The first-order chi connectivity index (χ1) is 12.0. The molecule has 0 unspecified atom stereocenters.